The molecular formula is C15H28N6O. The van der Waals surface area contributed by atoms with Gasteiger partial charge in [0.2, 0.25) is 5.91 Å². The lowest BCUT2D eigenvalue weighted by Crippen LogP contribution is -2.42. The number of nitrogens with one attached hydrogen (secondary N) is 1. The fraction of sp³-hybridized carbons (Fsp3) is 0.800. The molecule has 0 aromatic carbocycles. The van der Waals surface area contributed by atoms with E-state index in [4.69, 9.17) is 0 Å². The molecule has 1 fully saturated rings. The summed E-state index contributed by atoms with van der Waals surface area (Å²) >= 11 is 0. The molecule has 2 rings (SSSR count). The quantitative estimate of drug-likeness (QED) is 0.845. The van der Waals surface area contributed by atoms with Crippen LogP contribution < -0.4 is 5.32 Å². The molecule has 124 valence electrons. The van der Waals surface area contributed by atoms with Crippen LogP contribution in [0.15, 0.2) is 6.33 Å². The molecular weight excluding hydrogens is 280 g/mol. The van der Waals surface area contributed by atoms with Crippen molar-refractivity contribution in [3.8, 4) is 0 Å². The van der Waals surface area contributed by atoms with Crippen LogP contribution in [-0.4, -0.2) is 70.2 Å². The molecule has 0 radical (unpaired) electrons. The van der Waals surface area contributed by atoms with Gasteiger partial charge < -0.3 is 10.2 Å². The van der Waals surface area contributed by atoms with Crippen molar-refractivity contribution < 1.29 is 4.79 Å². The average molecular weight is 308 g/mol. The van der Waals surface area contributed by atoms with E-state index in [1.54, 1.807) is 4.68 Å². The van der Waals surface area contributed by atoms with E-state index in [0.717, 1.165) is 38.4 Å². The van der Waals surface area contributed by atoms with Gasteiger partial charge in [-0.1, -0.05) is 13.8 Å². The van der Waals surface area contributed by atoms with Crippen LogP contribution in [0.1, 0.15) is 32.1 Å². The van der Waals surface area contributed by atoms with Gasteiger partial charge in [-0.3, -0.25) is 14.4 Å². The number of aromatic nitrogens is 3. The molecule has 0 bridgehead atoms. The summed E-state index contributed by atoms with van der Waals surface area (Å²) < 4.78 is 1.73. The highest BCUT2D eigenvalue weighted by Crippen LogP contribution is 2.18. The average Bonchev–Trinajstić information content (AvgIpc) is 2.76. The molecule has 1 aliphatic heterocycles. The molecule has 7 heteroatoms. The number of carbonyl (C=O) groups excluding carboxylic acids is 1. The van der Waals surface area contributed by atoms with Crippen LogP contribution in [0, 0.1) is 5.92 Å². The van der Waals surface area contributed by atoms with Crippen molar-refractivity contribution in [3.63, 3.8) is 0 Å². The van der Waals surface area contributed by atoms with E-state index in [-0.39, 0.29) is 17.9 Å². The fourth-order valence-corrected chi connectivity index (χ4v) is 2.80. The Kier molecular flexibility index (Phi) is 5.90. The molecule has 22 heavy (non-hydrogen) atoms. The van der Waals surface area contributed by atoms with Crippen molar-refractivity contribution in [2.75, 3.05) is 39.8 Å². The minimum Gasteiger partial charge on any atom is -0.345 e. The summed E-state index contributed by atoms with van der Waals surface area (Å²) in [6.07, 6.45) is 2.64. The maximum atomic E-state index is 12.4. The van der Waals surface area contributed by atoms with Crippen molar-refractivity contribution in [2.45, 2.75) is 26.3 Å². The lowest BCUT2D eigenvalue weighted by atomic mass is 10.0. The first-order valence-corrected chi connectivity index (χ1v) is 8.01. The molecule has 2 heterocycles. The molecule has 0 aliphatic carbocycles. The Labute approximate surface area is 132 Å². The highest BCUT2D eigenvalue weighted by Gasteiger charge is 2.24. The topological polar surface area (TPSA) is 66.3 Å². The van der Waals surface area contributed by atoms with Crippen molar-refractivity contribution in [3.05, 3.63) is 12.2 Å². The Morgan fingerprint density at radius 3 is 2.68 bits per heavy atom. The van der Waals surface area contributed by atoms with E-state index in [2.05, 4.69) is 46.1 Å². The monoisotopic (exact) mass is 308 g/mol. The number of carbonyl (C=O) groups is 1. The normalized spacial score (nSPS) is 19.1. The predicted molar refractivity (Wildman–Crippen MR) is 85.3 cm³/mol. The van der Waals surface area contributed by atoms with Gasteiger partial charge in [-0.15, -0.1) is 0 Å². The van der Waals surface area contributed by atoms with Gasteiger partial charge in [0.1, 0.15) is 12.2 Å². The summed E-state index contributed by atoms with van der Waals surface area (Å²) in [5.41, 5.74) is 0. The number of rotatable bonds is 5. The summed E-state index contributed by atoms with van der Waals surface area (Å²) in [5, 5.41) is 7.22. The molecule has 1 unspecified atom stereocenters. The summed E-state index contributed by atoms with van der Waals surface area (Å²) in [7, 11) is 3.99. The van der Waals surface area contributed by atoms with Gasteiger partial charge in [0, 0.05) is 20.1 Å². The van der Waals surface area contributed by atoms with Crippen LogP contribution in [0.3, 0.4) is 0 Å². The van der Waals surface area contributed by atoms with E-state index in [1.807, 2.05) is 7.05 Å². The summed E-state index contributed by atoms with van der Waals surface area (Å²) in [6.45, 7) is 8.67. The van der Waals surface area contributed by atoms with Crippen LogP contribution in [0.25, 0.3) is 0 Å². The number of amides is 1. The third-order valence-corrected chi connectivity index (χ3v) is 4.19. The van der Waals surface area contributed by atoms with Crippen LogP contribution in [0.4, 0.5) is 0 Å². The Balaban J connectivity index is 1.93. The summed E-state index contributed by atoms with van der Waals surface area (Å²) in [5.74, 6) is 1.13. The van der Waals surface area contributed by atoms with Crippen LogP contribution in [0.2, 0.25) is 0 Å². The van der Waals surface area contributed by atoms with Gasteiger partial charge in [0.05, 0.1) is 12.6 Å². The number of nitrogens with zero attached hydrogens (tertiary/aromatic N) is 5. The van der Waals surface area contributed by atoms with Gasteiger partial charge in [0.15, 0.2) is 0 Å². The lowest BCUT2D eigenvalue weighted by Gasteiger charge is -2.24. The molecule has 1 N–H and O–H groups in total. The molecule has 1 aromatic rings. The van der Waals surface area contributed by atoms with Gasteiger partial charge >= 0.3 is 0 Å². The molecule has 0 spiro atoms. The van der Waals surface area contributed by atoms with Gasteiger partial charge in [0.25, 0.3) is 0 Å². The minimum absolute atomic E-state index is 0.0613. The molecule has 7 nitrogen and oxygen atoms in total. The largest absolute Gasteiger partial charge is 0.345 e. The van der Waals surface area contributed by atoms with Crippen LogP contribution >= 0.6 is 0 Å². The second kappa shape index (κ2) is 7.69. The molecule has 1 aromatic heterocycles. The SMILES string of the molecule is CC(C)C(NC(=O)CN1CCCN(C)CC1)c1ncnn1C. The maximum absolute atomic E-state index is 12.4. The summed E-state index contributed by atoms with van der Waals surface area (Å²) in [4.78, 5) is 21.2. The van der Waals surface area contributed by atoms with E-state index in [0.29, 0.717) is 6.54 Å². The van der Waals surface area contributed by atoms with Crippen molar-refractivity contribution in [1.29, 1.82) is 0 Å². The Morgan fingerprint density at radius 1 is 1.27 bits per heavy atom. The van der Waals surface area contributed by atoms with Crippen molar-refractivity contribution >= 4 is 5.91 Å². The smallest absolute Gasteiger partial charge is 0.234 e. The highest BCUT2D eigenvalue weighted by atomic mass is 16.2. The Bertz CT molecular complexity index is 486. The molecule has 1 aliphatic rings. The maximum Gasteiger partial charge on any atom is 0.234 e. The standard InChI is InChI=1S/C15H28N6O/c1-12(2)14(15-16-11-17-20(15)4)18-13(22)10-21-7-5-6-19(3)8-9-21/h11-12,14H,5-10H2,1-4H3,(H,18,22). The van der Waals surface area contributed by atoms with Crippen molar-refractivity contribution in [1.82, 2.24) is 29.9 Å². The number of aryl methyl sites for hydroxylation is 1. The molecule has 1 saturated heterocycles. The summed E-state index contributed by atoms with van der Waals surface area (Å²) in [6, 6.07) is -0.102. The molecule has 0 saturated carbocycles. The van der Waals surface area contributed by atoms with E-state index in [1.165, 1.54) is 6.33 Å². The van der Waals surface area contributed by atoms with Crippen LogP contribution in [-0.2, 0) is 11.8 Å². The minimum atomic E-state index is -0.102. The third-order valence-electron chi connectivity index (χ3n) is 4.19. The number of likely N-dealkylation sites (N-methyl/N-ethyl adjacent to an activating group) is 1. The fourth-order valence-electron chi connectivity index (χ4n) is 2.80. The second-order valence-corrected chi connectivity index (χ2v) is 6.46. The van der Waals surface area contributed by atoms with Crippen molar-refractivity contribution in [2.24, 2.45) is 13.0 Å². The lowest BCUT2D eigenvalue weighted by molar-refractivity contribution is -0.123. The van der Waals surface area contributed by atoms with E-state index in [9.17, 15) is 4.79 Å². The first-order chi connectivity index (χ1) is 10.5. The molecule has 1 amide bonds. The van der Waals surface area contributed by atoms with Gasteiger partial charge in [-0.25, -0.2) is 4.98 Å². The first kappa shape index (κ1) is 16.9. The Hall–Kier alpha value is -1.47. The zero-order valence-corrected chi connectivity index (χ0v) is 14.1. The van der Waals surface area contributed by atoms with Gasteiger partial charge in [-0.05, 0) is 32.5 Å². The number of hydrogen-bond donors (Lipinski definition) is 1. The second-order valence-electron chi connectivity index (χ2n) is 6.46. The zero-order chi connectivity index (χ0) is 16.1. The van der Waals surface area contributed by atoms with E-state index >= 15 is 0 Å². The molecule has 1 atom stereocenters. The highest BCUT2D eigenvalue weighted by molar-refractivity contribution is 5.78. The first-order valence-electron chi connectivity index (χ1n) is 8.01. The predicted octanol–water partition coefficient (Wildman–Crippen LogP) is 0.266. The van der Waals surface area contributed by atoms with E-state index < -0.39 is 0 Å². The number of hydrogen-bond acceptors (Lipinski definition) is 5. The zero-order valence-electron chi connectivity index (χ0n) is 14.1. The van der Waals surface area contributed by atoms with Gasteiger partial charge in [-0.2, -0.15) is 5.10 Å². The van der Waals surface area contributed by atoms with Crippen LogP contribution in [0.5, 0.6) is 0 Å². The third kappa shape index (κ3) is 4.51. The Morgan fingerprint density at radius 2 is 2.05 bits per heavy atom.